The van der Waals surface area contributed by atoms with Crippen LogP contribution in [0.15, 0.2) is 0 Å². The summed E-state index contributed by atoms with van der Waals surface area (Å²) >= 11 is 0. The molecule has 0 amide bonds. The van der Waals surface area contributed by atoms with Gasteiger partial charge >= 0.3 is 6.18 Å². The summed E-state index contributed by atoms with van der Waals surface area (Å²) in [5.41, 5.74) is 0. The first-order valence-electron chi connectivity index (χ1n) is 6.19. The van der Waals surface area contributed by atoms with Crippen molar-refractivity contribution < 1.29 is 21.6 Å². The van der Waals surface area contributed by atoms with Gasteiger partial charge in [-0.3, -0.25) is 0 Å². The van der Waals surface area contributed by atoms with Gasteiger partial charge in [0.05, 0.1) is 0 Å². The molecule has 0 radical (unpaired) electrons. The Morgan fingerprint density at radius 1 is 1.26 bits per heavy atom. The summed E-state index contributed by atoms with van der Waals surface area (Å²) in [4.78, 5) is 0. The van der Waals surface area contributed by atoms with Crippen LogP contribution in [0, 0.1) is 0 Å². The lowest BCUT2D eigenvalue weighted by Gasteiger charge is -2.32. The third-order valence-electron chi connectivity index (χ3n) is 2.83. The lowest BCUT2D eigenvalue weighted by molar-refractivity contribution is -0.139. The molecule has 9 heteroatoms. The fourth-order valence-electron chi connectivity index (χ4n) is 1.91. The number of halogens is 3. The van der Waals surface area contributed by atoms with Crippen molar-refractivity contribution in [3.63, 3.8) is 0 Å². The van der Waals surface area contributed by atoms with E-state index in [2.05, 4.69) is 5.32 Å². The average molecular weight is 303 g/mol. The molecule has 0 aromatic rings. The van der Waals surface area contributed by atoms with Crippen LogP contribution in [0.5, 0.6) is 0 Å². The molecule has 1 saturated heterocycles. The summed E-state index contributed by atoms with van der Waals surface area (Å²) in [6.45, 7) is 3.01. The molecule has 0 unspecified atom stereocenters. The normalized spacial score (nSPS) is 19.9. The smallest absolute Gasteiger partial charge is 0.315 e. The fourth-order valence-corrected chi connectivity index (χ4v) is 3.73. The number of rotatable bonds is 4. The Kier molecular flexibility index (Phi) is 5.60. The summed E-state index contributed by atoms with van der Waals surface area (Å²) in [7, 11) is -4.07. The van der Waals surface area contributed by atoms with Crippen molar-refractivity contribution in [2.45, 2.75) is 32.5 Å². The van der Waals surface area contributed by atoms with E-state index in [0.29, 0.717) is 23.8 Å². The van der Waals surface area contributed by atoms with Gasteiger partial charge in [0.1, 0.15) is 6.54 Å². The standard InChI is InChI=1S/C10H20F3N3O2S/c1-9(2)16(8-10(11,12)13)19(17,18)15-6-3-4-14-5-7-15/h9,14H,3-8H2,1-2H3. The van der Waals surface area contributed by atoms with Crippen LogP contribution >= 0.6 is 0 Å². The second kappa shape index (κ2) is 6.38. The molecular formula is C10H20F3N3O2S. The zero-order valence-electron chi connectivity index (χ0n) is 11.1. The van der Waals surface area contributed by atoms with Crippen LogP contribution in [0.3, 0.4) is 0 Å². The van der Waals surface area contributed by atoms with Gasteiger partial charge in [-0.25, -0.2) is 0 Å². The predicted molar refractivity (Wildman–Crippen MR) is 65.9 cm³/mol. The van der Waals surface area contributed by atoms with E-state index < -0.39 is 29.0 Å². The number of nitrogens with one attached hydrogen (secondary N) is 1. The highest BCUT2D eigenvalue weighted by atomic mass is 32.2. The number of hydrogen-bond donors (Lipinski definition) is 1. The lowest BCUT2D eigenvalue weighted by Crippen LogP contribution is -2.51. The predicted octanol–water partition coefficient (Wildman–Crippen LogP) is 0.799. The third kappa shape index (κ3) is 4.90. The van der Waals surface area contributed by atoms with Gasteiger partial charge in [0.2, 0.25) is 0 Å². The molecule has 0 aromatic heterocycles. The molecule has 5 nitrogen and oxygen atoms in total. The topological polar surface area (TPSA) is 52.7 Å². The summed E-state index contributed by atoms with van der Waals surface area (Å²) in [6, 6.07) is -0.733. The Morgan fingerprint density at radius 3 is 2.42 bits per heavy atom. The molecule has 0 spiro atoms. The number of alkyl halides is 3. The van der Waals surface area contributed by atoms with Crippen LogP contribution in [-0.4, -0.2) is 62.0 Å². The van der Waals surface area contributed by atoms with Gasteiger partial charge in [0.15, 0.2) is 0 Å². The minimum Gasteiger partial charge on any atom is -0.315 e. The largest absolute Gasteiger partial charge is 0.402 e. The van der Waals surface area contributed by atoms with Crippen LogP contribution in [0.2, 0.25) is 0 Å². The summed E-state index contributed by atoms with van der Waals surface area (Å²) in [5, 5.41) is 3.02. The highest BCUT2D eigenvalue weighted by Gasteiger charge is 2.40. The zero-order valence-corrected chi connectivity index (χ0v) is 11.9. The van der Waals surface area contributed by atoms with E-state index in [4.69, 9.17) is 0 Å². The van der Waals surface area contributed by atoms with Gasteiger partial charge < -0.3 is 5.32 Å². The second-order valence-corrected chi connectivity index (χ2v) is 6.65. The van der Waals surface area contributed by atoms with Gasteiger partial charge in [-0.1, -0.05) is 0 Å². The first-order chi connectivity index (χ1) is 8.64. The Hall–Kier alpha value is -0.380. The number of hydrogen-bond acceptors (Lipinski definition) is 3. The van der Waals surface area contributed by atoms with Crippen molar-refractivity contribution >= 4 is 10.2 Å². The summed E-state index contributed by atoms with van der Waals surface area (Å²) in [6.07, 6.45) is -3.95. The van der Waals surface area contributed by atoms with Gasteiger partial charge in [-0.15, -0.1) is 0 Å². The van der Waals surface area contributed by atoms with Crippen LogP contribution in [0.4, 0.5) is 13.2 Å². The first kappa shape index (κ1) is 16.7. The van der Waals surface area contributed by atoms with E-state index in [0.717, 1.165) is 4.31 Å². The van der Waals surface area contributed by atoms with Crippen molar-refractivity contribution in [3.05, 3.63) is 0 Å². The van der Waals surface area contributed by atoms with Crippen molar-refractivity contribution in [2.75, 3.05) is 32.7 Å². The average Bonchev–Trinajstić information content (AvgIpc) is 2.53. The molecule has 0 bridgehead atoms. The van der Waals surface area contributed by atoms with Crippen molar-refractivity contribution in [2.24, 2.45) is 0 Å². The Balaban J connectivity index is 2.91. The maximum Gasteiger partial charge on any atom is 0.402 e. The zero-order chi connectivity index (χ0) is 14.7. The SMILES string of the molecule is CC(C)N(CC(F)(F)F)S(=O)(=O)N1CCCNCC1. The first-order valence-corrected chi connectivity index (χ1v) is 7.58. The van der Waals surface area contributed by atoms with E-state index in [9.17, 15) is 21.6 Å². The van der Waals surface area contributed by atoms with Gasteiger partial charge in [-0.05, 0) is 26.8 Å². The Bertz CT molecular complexity index is 376. The van der Waals surface area contributed by atoms with Crippen molar-refractivity contribution in [3.8, 4) is 0 Å². The molecule has 1 heterocycles. The molecule has 1 aliphatic heterocycles. The lowest BCUT2D eigenvalue weighted by atomic mass is 10.4. The van der Waals surface area contributed by atoms with Gasteiger partial charge in [0, 0.05) is 25.7 Å². The maximum absolute atomic E-state index is 12.5. The molecule has 114 valence electrons. The van der Waals surface area contributed by atoms with Crippen LogP contribution < -0.4 is 5.32 Å². The molecular weight excluding hydrogens is 283 g/mol. The van der Waals surface area contributed by atoms with Crippen LogP contribution in [0.25, 0.3) is 0 Å². The third-order valence-corrected chi connectivity index (χ3v) is 4.99. The van der Waals surface area contributed by atoms with E-state index in [-0.39, 0.29) is 13.1 Å². The Morgan fingerprint density at radius 2 is 1.89 bits per heavy atom. The summed E-state index contributed by atoms with van der Waals surface area (Å²) < 4.78 is 63.7. The summed E-state index contributed by atoms with van der Waals surface area (Å²) in [5.74, 6) is 0. The van der Waals surface area contributed by atoms with Crippen molar-refractivity contribution in [1.29, 1.82) is 0 Å². The molecule has 1 fully saturated rings. The Labute approximate surface area is 111 Å². The highest BCUT2D eigenvalue weighted by molar-refractivity contribution is 7.86. The molecule has 0 saturated carbocycles. The second-order valence-electron chi connectivity index (χ2n) is 4.76. The fraction of sp³-hybridized carbons (Fsp3) is 1.00. The quantitative estimate of drug-likeness (QED) is 0.836. The molecule has 1 N–H and O–H groups in total. The van der Waals surface area contributed by atoms with E-state index in [1.165, 1.54) is 13.8 Å². The molecule has 0 aromatic carbocycles. The van der Waals surface area contributed by atoms with E-state index in [1.54, 1.807) is 0 Å². The van der Waals surface area contributed by atoms with E-state index >= 15 is 0 Å². The van der Waals surface area contributed by atoms with Crippen LogP contribution in [0.1, 0.15) is 20.3 Å². The highest BCUT2D eigenvalue weighted by Crippen LogP contribution is 2.22. The monoisotopic (exact) mass is 303 g/mol. The van der Waals surface area contributed by atoms with Crippen LogP contribution in [-0.2, 0) is 10.2 Å². The van der Waals surface area contributed by atoms with E-state index in [1.807, 2.05) is 0 Å². The molecule has 1 aliphatic rings. The van der Waals surface area contributed by atoms with Crippen molar-refractivity contribution in [1.82, 2.24) is 13.9 Å². The molecule has 0 atom stereocenters. The maximum atomic E-state index is 12.5. The molecule has 0 aliphatic carbocycles. The molecule has 19 heavy (non-hydrogen) atoms. The van der Waals surface area contributed by atoms with Gasteiger partial charge in [-0.2, -0.15) is 30.2 Å². The number of nitrogens with zero attached hydrogens (tertiary/aromatic N) is 2. The minimum absolute atomic E-state index is 0.198. The van der Waals surface area contributed by atoms with Gasteiger partial charge in [0.25, 0.3) is 10.2 Å². The molecule has 1 rings (SSSR count). The minimum atomic E-state index is -4.54.